The maximum atomic E-state index is 12.1. The third-order valence-corrected chi connectivity index (χ3v) is 4.23. The SMILES string of the molecule is COc1cccc(C(CNC(=O)CC2CCNC2)N(C)C)c1. The van der Waals surface area contributed by atoms with Crippen molar-refractivity contribution in [2.24, 2.45) is 5.92 Å². The molecule has 0 radical (unpaired) electrons. The average Bonchev–Trinajstić information content (AvgIpc) is 3.00. The zero-order valence-electron chi connectivity index (χ0n) is 13.8. The fourth-order valence-electron chi connectivity index (χ4n) is 2.88. The smallest absolute Gasteiger partial charge is 0.220 e. The van der Waals surface area contributed by atoms with Gasteiger partial charge in [-0.2, -0.15) is 0 Å². The second-order valence-electron chi connectivity index (χ2n) is 6.12. The van der Waals surface area contributed by atoms with Crippen molar-refractivity contribution >= 4 is 5.91 Å². The summed E-state index contributed by atoms with van der Waals surface area (Å²) >= 11 is 0. The molecule has 0 aliphatic carbocycles. The molecule has 0 bridgehead atoms. The van der Waals surface area contributed by atoms with Gasteiger partial charge in [-0.1, -0.05) is 12.1 Å². The van der Waals surface area contributed by atoms with Gasteiger partial charge in [-0.3, -0.25) is 4.79 Å². The number of amides is 1. The number of hydrogen-bond donors (Lipinski definition) is 2. The molecule has 1 aliphatic heterocycles. The molecule has 1 aromatic carbocycles. The van der Waals surface area contributed by atoms with Crippen molar-refractivity contribution in [3.05, 3.63) is 29.8 Å². The summed E-state index contributed by atoms with van der Waals surface area (Å²) in [6.45, 7) is 2.60. The molecule has 1 aromatic rings. The Morgan fingerprint density at radius 3 is 2.95 bits per heavy atom. The second-order valence-corrected chi connectivity index (χ2v) is 6.12. The number of rotatable bonds is 7. The van der Waals surface area contributed by atoms with E-state index in [2.05, 4.69) is 21.6 Å². The molecule has 1 amide bonds. The van der Waals surface area contributed by atoms with Crippen LogP contribution in [0, 0.1) is 5.92 Å². The lowest BCUT2D eigenvalue weighted by atomic mass is 10.0. The number of hydrogen-bond acceptors (Lipinski definition) is 4. The van der Waals surface area contributed by atoms with Gasteiger partial charge >= 0.3 is 0 Å². The highest BCUT2D eigenvalue weighted by molar-refractivity contribution is 5.76. The average molecular weight is 305 g/mol. The third-order valence-electron chi connectivity index (χ3n) is 4.23. The number of carbonyl (C=O) groups excluding carboxylic acids is 1. The van der Waals surface area contributed by atoms with Gasteiger partial charge in [-0.15, -0.1) is 0 Å². The van der Waals surface area contributed by atoms with Crippen molar-refractivity contribution in [3.8, 4) is 5.75 Å². The van der Waals surface area contributed by atoms with Crippen LogP contribution in [0.5, 0.6) is 5.75 Å². The van der Waals surface area contributed by atoms with Crippen molar-refractivity contribution in [2.75, 3.05) is 40.8 Å². The van der Waals surface area contributed by atoms with Gasteiger partial charge in [-0.05, 0) is 57.2 Å². The number of benzene rings is 1. The van der Waals surface area contributed by atoms with Gasteiger partial charge in [0.2, 0.25) is 5.91 Å². The van der Waals surface area contributed by atoms with E-state index in [4.69, 9.17) is 4.74 Å². The van der Waals surface area contributed by atoms with E-state index < -0.39 is 0 Å². The van der Waals surface area contributed by atoms with Crippen LogP contribution < -0.4 is 15.4 Å². The van der Waals surface area contributed by atoms with E-state index in [9.17, 15) is 4.79 Å². The standard InChI is InChI=1S/C17H27N3O2/c1-20(2)16(14-5-4-6-15(10-14)22-3)12-19-17(21)9-13-7-8-18-11-13/h4-6,10,13,16,18H,7-9,11-12H2,1-3H3,(H,19,21). The zero-order valence-corrected chi connectivity index (χ0v) is 13.8. The fraction of sp³-hybridized carbons (Fsp3) is 0.588. The van der Waals surface area contributed by atoms with Gasteiger partial charge in [0.1, 0.15) is 5.75 Å². The van der Waals surface area contributed by atoms with E-state index in [1.54, 1.807) is 7.11 Å². The van der Waals surface area contributed by atoms with Crippen molar-refractivity contribution < 1.29 is 9.53 Å². The van der Waals surface area contributed by atoms with E-state index in [0.29, 0.717) is 18.9 Å². The Kier molecular flexibility index (Phi) is 6.21. The summed E-state index contributed by atoms with van der Waals surface area (Å²) in [5.74, 6) is 1.46. The quantitative estimate of drug-likeness (QED) is 0.800. The predicted molar refractivity (Wildman–Crippen MR) is 88.0 cm³/mol. The van der Waals surface area contributed by atoms with E-state index in [0.717, 1.165) is 30.8 Å². The van der Waals surface area contributed by atoms with Crippen molar-refractivity contribution in [1.29, 1.82) is 0 Å². The van der Waals surface area contributed by atoms with Crippen LogP contribution in [0.1, 0.15) is 24.4 Å². The minimum atomic E-state index is 0.140. The second kappa shape index (κ2) is 8.15. The van der Waals surface area contributed by atoms with Crippen molar-refractivity contribution in [3.63, 3.8) is 0 Å². The van der Waals surface area contributed by atoms with Crippen molar-refractivity contribution in [1.82, 2.24) is 15.5 Å². The highest BCUT2D eigenvalue weighted by Gasteiger charge is 2.20. The Labute approximate surface area is 133 Å². The summed E-state index contributed by atoms with van der Waals surface area (Å²) in [4.78, 5) is 14.2. The molecule has 22 heavy (non-hydrogen) atoms. The maximum Gasteiger partial charge on any atom is 0.220 e. The Morgan fingerprint density at radius 1 is 1.50 bits per heavy atom. The van der Waals surface area contributed by atoms with E-state index in [-0.39, 0.29) is 11.9 Å². The fourth-order valence-corrected chi connectivity index (χ4v) is 2.88. The van der Waals surface area contributed by atoms with Crippen LogP contribution in [0.2, 0.25) is 0 Å². The van der Waals surface area contributed by atoms with Crippen molar-refractivity contribution in [2.45, 2.75) is 18.9 Å². The first-order chi connectivity index (χ1) is 10.6. The van der Waals surface area contributed by atoms with Crippen LogP contribution in [0.3, 0.4) is 0 Å². The summed E-state index contributed by atoms with van der Waals surface area (Å²) in [6, 6.07) is 8.15. The van der Waals surface area contributed by atoms with E-state index in [1.807, 2.05) is 32.3 Å². The monoisotopic (exact) mass is 305 g/mol. The first-order valence-corrected chi connectivity index (χ1v) is 7.88. The van der Waals surface area contributed by atoms with Gasteiger partial charge in [-0.25, -0.2) is 0 Å². The zero-order chi connectivity index (χ0) is 15.9. The Balaban J connectivity index is 1.92. The van der Waals surface area contributed by atoms with E-state index >= 15 is 0 Å². The number of nitrogens with one attached hydrogen (secondary N) is 2. The normalized spacial score (nSPS) is 19.2. The molecule has 1 fully saturated rings. The predicted octanol–water partition coefficient (Wildman–Crippen LogP) is 1.41. The first-order valence-electron chi connectivity index (χ1n) is 7.88. The van der Waals surface area contributed by atoms with Crippen LogP contribution in [0.25, 0.3) is 0 Å². The molecule has 2 N–H and O–H groups in total. The first kappa shape index (κ1) is 16.8. The van der Waals surface area contributed by atoms with Gasteiger partial charge in [0, 0.05) is 13.0 Å². The van der Waals surface area contributed by atoms with E-state index in [1.165, 1.54) is 0 Å². The number of nitrogens with zero attached hydrogens (tertiary/aromatic N) is 1. The molecular formula is C17H27N3O2. The number of likely N-dealkylation sites (N-methyl/N-ethyl adjacent to an activating group) is 1. The number of carbonyl (C=O) groups is 1. The molecule has 2 unspecified atom stereocenters. The van der Waals surface area contributed by atoms with Crippen LogP contribution in [-0.4, -0.2) is 51.6 Å². The molecule has 0 aromatic heterocycles. The lowest BCUT2D eigenvalue weighted by Crippen LogP contribution is -2.35. The maximum absolute atomic E-state index is 12.1. The molecule has 1 saturated heterocycles. The van der Waals surface area contributed by atoms with Gasteiger partial charge in [0.15, 0.2) is 0 Å². The van der Waals surface area contributed by atoms with Crippen LogP contribution in [0.15, 0.2) is 24.3 Å². The Bertz CT molecular complexity index is 485. The molecule has 5 heteroatoms. The summed E-state index contributed by atoms with van der Waals surface area (Å²) in [7, 11) is 5.72. The molecular weight excluding hydrogens is 278 g/mol. The number of ether oxygens (including phenoxy) is 1. The minimum absolute atomic E-state index is 0.140. The molecule has 1 heterocycles. The molecule has 0 saturated carbocycles. The lowest BCUT2D eigenvalue weighted by Gasteiger charge is -2.25. The van der Waals surface area contributed by atoms with Crippen LogP contribution in [-0.2, 0) is 4.79 Å². The molecule has 2 atom stereocenters. The Morgan fingerprint density at radius 2 is 2.32 bits per heavy atom. The summed E-state index contributed by atoms with van der Waals surface area (Å²) in [6.07, 6.45) is 1.71. The highest BCUT2D eigenvalue weighted by atomic mass is 16.5. The molecule has 0 spiro atoms. The topological polar surface area (TPSA) is 53.6 Å². The van der Waals surface area contributed by atoms with Gasteiger partial charge in [0.25, 0.3) is 0 Å². The summed E-state index contributed by atoms with van der Waals surface area (Å²) < 4.78 is 5.29. The van der Waals surface area contributed by atoms with Crippen LogP contribution in [0.4, 0.5) is 0 Å². The molecule has 5 nitrogen and oxygen atoms in total. The highest BCUT2D eigenvalue weighted by Crippen LogP contribution is 2.22. The summed E-state index contributed by atoms with van der Waals surface area (Å²) in [5.41, 5.74) is 1.15. The molecule has 2 rings (SSSR count). The molecule has 1 aliphatic rings. The molecule has 122 valence electrons. The van der Waals surface area contributed by atoms with Gasteiger partial charge in [0.05, 0.1) is 13.2 Å². The third kappa shape index (κ3) is 4.71. The summed E-state index contributed by atoms with van der Waals surface area (Å²) in [5, 5.41) is 6.37. The number of methoxy groups -OCH3 is 1. The lowest BCUT2D eigenvalue weighted by molar-refractivity contribution is -0.122. The van der Waals surface area contributed by atoms with Gasteiger partial charge < -0.3 is 20.3 Å². The minimum Gasteiger partial charge on any atom is -0.497 e. The van der Waals surface area contributed by atoms with Crippen LogP contribution >= 0.6 is 0 Å². The largest absolute Gasteiger partial charge is 0.497 e. The Hall–Kier alpha value is -1.59.